The van der Waals surface area contributed by atoms with Gasteiger partial charge in [0, 0.05) is 18.4 Å². The molecule has 1 saturated carbocycles. The molecule has 0 aliphatic heterocycles. The third kappa shape index (κ3) is 4.81. The van der Waals surface area contributed by atoms with Gasteiger partial charge in [0.2, 0.25) is 0 Å². The van der Waals surface area contributed by atoms with E-state index in [0.717, 1.165) is 0 Å². The number of alkyl carbamates (subject to hydrolysis) is 1. The Morgan fingerprint density at radius 3 is 2.33 bits per heavy atom. The van der Waals surface area contributed by atoms with Gasteiger partial charge in [-0.15, -0.1) is 0 Å². The van der Waals surface area contributed by atoms with Crippen molar-refractivity contribution in [3.8, 4) is 0 Å². The first-order chi connectivity index (χ1) is 6.87. The molecule has 1 fully saturated rings. The highest BCUT2D eigenvalue weighted by atomic mass is 16.6. The number of nitrogens with one attached hydrogen (secondary N) is 1. The molecular weight excluding hydrogens is 194 g/mol. The SMILES string of the molecule is CC(C)(C)NC(=O)OC1CCC(=O)CC1. The number of hydrogen-bond donors (Lipinski definition) is 1. The normalized spacial score (nSPS) is 18.7. The summed E-state index contributed by atoms with van der Waals surface area (Å²) in [6, 6.07) is 0. The van der Waals surface area contributed by atoms with Gasteiger partial charge in [-0.2, -0.15) is 0 Å². The van der Waals surface area contributed by atoms with Crippen LogP contribution in [0.15, 0.2) is 0 Å². The van der Waals surface area contributed by atoms with Crippen LogP contribution in [0.5, 0.6) is 0 Å². The first-order valence-electron chi connectivity index (χ1n) is 5.37. The molecule has 0 spiro atoms. The van der Waals surface area contributed by atoms with Crippen LogP contribution in [-0.2, 0) is 9.53 Å². The van der Waals surface area contributed by atoms with Crippen molar-refractivity contribution in [1.82, 2.24) is 5.32 Å². The molecule has 1 rings (SSSR count). The summed E-state index contributed by atoms with van der Waals surface area (Å²) in [7, 11) is 0. The number of Topliss-reactive ketones (excluding diaryl/α,β-unsaturated/α-hetero) is 1. The Labute approximate surface area is 90.4 Å². The lowest BCUT2D eigenvalue weighted by molar-refractivity contribution is -0.122. The van der Waals surface area contributed by atoms with Gasteiger partial charge in [0.15, 0.2) is 0 Å². The summed E-state index contributed by atoms with van der Waals surface area (Å²) in [6.45, 7) is 5.70. The third-order valence-corrected chi connectivity index (χ3v) is 2.24. The van der Waals surface area contributed by atoms with Crippen LogP contribution in [0.4, 0.5) is 4.79 Å². The van der Waals surface area contributed by atoms with Crippen LogP contribution < -0.4 is 5.32 Å². The summed E-state index contributed by atoms with van der Waals surface area (Å²) in [4.78, 5) is 22.4. The van der Waals surface area contributed by atoms with E-state index in [2.05, 4.69) is 5.32 Å². The molecule has 0 aromatic rings. The molecule has 0 heterocycles. The van der Waals surface area contributed by atoms with E-state index in [4.69, 9.17) is 4.74 Å². The van der Waals surface area contributed by atoms with E-state index in [1.165, 1.54) is 0 Å². The molecule has 0 atom stereocenters. The number of rotatable bonds is 1. The lowest BCUT2D eigenvalue weighted by atomic mass is 9.97. The van der Waals surface area contributed by atoms with Crippen LogP contribution in [-0.4, -0.2) is 23.5 Å². The van der Waals surface area contributed by atoms with Gasteiger partial charge in [-0.1, -0.05) is 0 Å². The lowest BCUT2D eigenvalue weighted by Crippen LogP contribution is -2.42. The third-order valence-electron chi connectivity index (χ3n) is 2.24. The van der Waals surface area contributed by atoms with E-state index in [1.54, 1.807) is 0 Å². The van der Waals surface area contributed by atoms with E-state index < -0.39 is 0 Å². The van der Waals surface area contributed by atoms with Crippen molar-refractivity contribution in [3.63, 3.8) is 0 Å². The van der Waals surface area contributed by atoms with E-state index in [-0.39, 0.29) is 23.5 Å². The predicted octanol–water partition coefficient (Wildman–Crippen LogP) is 2.02. The Morgan fingerprint density at radius 1 is 1.33 bits per heavy atom. The molecule has 86 valence electrons. The summed E-state index contributed by atoms with van der Waals surface area (Å²) < 4.78 is 5.21. The summed E-state index contributed by atoms with van der Waals surface area (Å²) >= 11 is 0. The standard InChI is InChI=1S/C11H19NO3/c1-11(2,3)12-10(14)15-9-6-4-8(13)5-7-9/h9H,4-7H2,1-3H3,(H,12,14). The first kappa shape index (κ1) is 12.0. The Balaban J connectivity index is 2.29. The second kappa shape index (κ2) is 4.64. The largest absolute Gasteiger partial charge is 0.446 e. The molecule has 15 heavy (non-hydrogen) atoms. The van der Waals surface area contributed by atoms with Crippen LogP contribution in [0.1, 0.15) is 46.5 Å². The van der Waals surface area contributed by atoms with E-state index in [1.807, 2.05) is 20.8 Å². The average molecular weight is 213 g/mol. The number of carbonyl (C=O) groups excluding carboxylic acids is 2. The van der Waals surface area contributed by atoms with Gasteiger partial charge in [0.1, 0.15) is 11.9 Å². The molecule has 0 bridgehead atoms. The molecule has 1 amide bonds. The molecule has 0 aromatic heterocycles. The molecule has 4 heteroatoms. The molecular formula is C11H19NO3. The van der Waals surface area contributed by atoms with Gasteiger partial charge in [-0.25, -0.2) is 4.79 Å². The Hall–Kier alpha value is -1.06. The highest BCUT2D eigenvalue weighted by Gasteiger charge is 2.23. The smallest absolute Gasteiger partial charge is 0.407 e. The van der Waals surface area contributed by atoms with Gasteiger partial charge in [-0.05, 0) is 33.6 Å². The minimum Gasteiger partial charge on any atom is -0.446 e. The zero-order valence-corrected chi connectivity index (χ0v) is 9.63. The molecule has 0 aromatic carbocycles. The van der Waals surface area contributed by atoms with Gasteiger partial charge >= 0.3 is 6.09 Å². The van der Waals surface area contributed by atoms with Crippen molar-refractivity contribution in [2.24, 2.45) is 0 Å². The van der Waals surface area contributed by atoms with Gasteiger partial charge < -0.3 is 10.1 Å². The van der Waals surface area contributed by atoms with Gasteiger partial charge in [-0.3, -0.25) is 4.79 Å². The maximum absolute atomic E-state index is 11.4. The summed E-state index contributed by atoms with van der Waals surface area (Å²) in [5.41, 5.74) is -0.276. The number of hydrogen-bond acceptors (Lipinski definition) is 3. The van der Waals surface area contributed by atoms with Gasteiger partial charge in [0.25, 0.3) is 0 Å². The average Bonchev–Trinajstić information content (AvgIpc) is 2.05. The molecule has 0 unspecified atom stereocenters. The number of ketones is 1. The minimum absolute atomic E-state index is 0.0925. The van der Waals surface area contributed by atoms with Crippen LogP contribution in [0.2, 0.25) is 0 Å². The monoisotopic (exact) mass is 213 g/mol. The van der Waals surface area contributed by atoms with Crippen LogP contribution >= 0.6 is 0 Å². The van der Waals surface area contributed by atoms with E-state index in [9.17, 15) is 9.59 Å². The van der Waals surface area contributed by atoms with Crippen LogP contribution in [0, 0.1) is 0 Å². The maximum Gasteiger partial charge on any atom is 0.407 e. The minimum atomic E-state index is -0.387. The molecule has 4 nitrogen and oxygen atoms in total. The number of carbonyl (C=O) groups is 2. The van der Waals surface area contributed by atoms with Crippen molar-refractivity contribution in [2.75, 3.05) is 0 Å². The molecule has 0 saturated heterocycles. The Kier molecular flexibility index (Phi) is 3.72. The quantitative estimate of drug-likeness (QED) is 0.725. The fourth-order valence-corrected chi connectivity index (χ4v) is 1.52. The van der Waals surface area contributed by atoms with Gasteiger partial charge in [0.05, 0.1) is 0 Å². The maximum atomic E-state index is 11.4. The molecule has 1 aliphatic carbocycles. The fraction of sp³-hybridized carbons (Fsp3) is 0.818. The highest BCUT2D eigenvalue weighted by molar-refractivity contribution is 5.79. The van der Waals surface area contributed by atoms with Crippen molar-refractivity contribution in [3.05, 3.63) is 0 Å². The number of amides is 1. The Bertz CT molecular complexity index is 245. The number of ether oxygens (including phenoxy) is 1. The van der Waals surface area contributed by atoms with Crippen molar-refractivity contribution in [1.29, 1.82) is 0 Å². The summed E-state index contributed by atoms with van der Waals surface area (Å²) in [6.07, 6.45) is 1.92. The van der Waals surface area contributed by atoms with Crippen molar-refractivity contribution >= 4 is 11.9 Å². The van der Waals surface area contributed by atoms with E-state index >= 15 is 0 Å². The predicted molar refractivity (Wildman–Crippen MR) is 56.6 cm³/mol. The van der Waals surface area contributed by atoms with Crippen LogP contribution in [0.3, 0.4) is 0 Å². The second-order valence-electron chi connectivity index (χ2n) is 5.02. The molecule has 1 N–H and O–H groups in total. The first-order valence-corrected chi connectivity index (χ1v) is 5.37. The van der Waals surface area contributed by atoms with E-state index in [0.29, 0.717) is 25.7 Å². The fourth-order valence-electron chi connectivity index (χ4n) is 1.52. The second-order valence-corrected chi connectivity index (χ2v) is 5.02. The van der Waals surface area contributed by atoms with Crippen molar-refractivity contribution < 1.29 is 14.3 Å². The highest BCUT2D eigenvalue weighted by Crippen LogP contribution is 2.18. The van der Waals surface area contributed by atoms with Crippen LogP contribution in [0.25, 0.3) is 0 Å². The zero-order chi connectivity index (χ0) is 11.5. The summed E-state index contributed by atoms with van der Waals surface area (Å²) in [5.74, 6) is 0.270. The molecule has 0 radical (unpaired) electrons. The summed E-state index contributed by atoms with van der Waals surface area (Å²) in [5, 5.41) is 2.73. The topological polar surface area (TPSA) is 55.4 Å². The molecule has 1 aliphatic rings. The van der Waals surface area contributed by atoms with Crippen molar-refractivity contribution in [2.45, 2.75) is 58.1 Å². The zero-order valence-electron chi connectivity index (χ0n) is 9.63. The lowest BCUT2D eigenvalue weighted by Gasteiger charge is -2.25. The Morgan fingerprint density at radius 2 is 1.87 bits per heavy atom.